The van der Waals surface area contributed by atoms with Crippen LogP contribution >= 0.6 is 0 Å². The van der Waals surface area contributed by atoms with Crippen LogP contribution in [0.1, 0.15) is 53.9 Å². The van der Waals surface area contributed by atoms with Crippen molar-refractivity contribution in [3.8, 4) is 6.07 Å². The summed E-state index contributed by atoms with van der Waals surface area (Å²) in [7, 11) is 0. The first-order chi connectivity index (χ1) is 5.33. The number of hydrogen-bond donors (Lipinski definition) is 0. The highest BCUT2D eigenvalue weighted by atomic mass is 14.3. The second-order valence-electron chi connectivity index (χ2n) is 5.01. The summed E-state index contributed by atoms with van der Waals surface area (Å²) in [5, 5.41) is 8.81. The van der Waals surface area contributed by atoms with Gasteiger partial charge >= 0.3 is 0 Å². The average Bonchev–Trinajstić information content (AvgIpc) is 2.02. The first-order valence-electron chi connectivity index (χ1n) is 4.74. The lowest BCUT2D eigenvalue weighted by molar-refractivity contribution is 0.269. The van der Waals surface area contributed by atoms with Gasteiger partial charge in [-0.05, 0) is 32.1 Å². The topological polar surface area (TPSA) is 23.8 Å². The van der Waals surface area contributed by atoms with E-state index in [4.69, 9.17) is 5.26 Å². The van der Waals surface area contributed by atoms with E-state index in [1.54, 1.807) is 0 Å². The maximum atomic E-state index is 8.81. The molecule has 0 aliphatic heterocycles. The molecule has 0 saturated carbocycles. The number of rotatable bonds is 4. The molecule has 0 fully saturated rings. The average molecular weight is 167 g/mol. The normalized spacial score (nSPS) is 12.7. The van der Waals surface area contributed by atoms with E-state index in [2.05, 4.69) is 26.8 Å². The monoisotopic (exact) mass is 167 g/mol. The van der Waals surface area contributed by atoms with Gasteiger partial charge in [-0.15, -0.1) is 0 Å². The number of nitriles is 1. The molecule has 70 valence electrons. The molecule has 0 aliphatic carbocycles. The molecule has 0 spiro atoms. The Morgan fingerprint density at radius 2 is 1.58 bits per heavy atom. The Morgan fingerprint density at radius 3 is 1.92 bits per heavy atom. The van der Waals surface area contributed by atoms with Crippen LogP contribution in [0.2, 0.25) is 0 Å². The first kappa shape index (κ1) is 11.5. The SMILES string of the molecule is CCC(C)(C)CCC(C)(C)C#N. The molecule has 0 aromatic carbocycles. The van der Waals surface area contributed by atoms with E-state index in [0.29, 0.717) is 5.41 Å². The van der Waals surface area contributed by atoms with Crippen LogP contribution in [-0.4, -0.2) is 0 Å². The van der Waals surface area contributed by atoms with Crippen LogP contribution in [0.5, 0.6) is 0 Å². The van der Waals surface area contributed by atoms with Gasteiger partial charge < -0.3 is 0 Å². The van der Waals surface area contributed by atoms with E-state index in [9.17, 15) is 0 Å². The van der Waals surface area contributed by atoms with Crippen molar-refractivity contribution in [1.29, 1.82) is 5.26 Å². The molecule has 1 nitrogen and oxygen atoms in total. The Hall–Kier alpha value is -0.510. The molecule has 0 radical (unpaired) electrons. The summed E-state index contributed by atoms with van der Waals surface area (Å²) >= 11 is 0. The van der Waals surface area contributed by atoms with Crippen molar-refractivity contribution in [3.63, 3.8) is 0 Å². The smallest absolute Gasteiger partial charge is 0.0683 e. The van der Waals surface area contributed by atoms with Crippen LogP contribution in [0.3, 0.4) is 0 Å². The van der Waals surface area contributed by atoms with E-state index in [-0.39, 0.29) is 5.41 Å². The second-order valence-corrected chi connectivity index (χ2v) is 5.01. The summed E-state index contributed by atoms with van der Waals surface area (Å²) in [6.45, 7) is 10.8. The lowest BCUT2D eigenvalue weighted by Gasteiger charge is -2.26. The quantitative estimate of drug-likeness (QED) is 0.625. The third-order valence-corrected chi connectivity index (χ3v) is 2.69. The highest BCUT2D eigenvalue weighted by Gasteiger charge is 2.22. The summed E-state index contributed by atoms with van der Waals surface area (Å²) < 4.78 is 0. The van der Waals surface area contributed by atoms with Crippen LogP contribution in [0.25, 0.3) is 0 Å². The molecule has 1 heteroatoms. The molecule has 0 rings (SSSR count). The van der Waals surface area contributed by atoms with Crippen molar-refractivity contribution in [2.24, 2.45) is 10.8 Å². The van der Waals surface area contributed by atoms with Crippen LogP contribution in [0, 0.1) is 22.2 Å². The zero-order chi connectivity index (χ0) is 9.83. The third-order valence-electron chi connectivity index (χ3n) is 2.69. The van der Waals surface area contributed by atoms with Crippen molar-refractivity contribution in [1.82, 2.24) is 0 Å². The van der Waals surface area contributed by atoms with E-state index >= 15 is 0 Å². The molecular weight excluding hydrogens is 146 g/mol. The van der Waals surface area contributed by atoms with Crippen molar-refractivity contribution in [2.45, 2.75) is 53.9 Å². The van der Waals surface area contributed by atoms with Gasteiger partial charge in [0, 0.05) is 0 Å². The molecule has 0 saturated heterocycles. The Kier molecular flexibility index (Phi) is 3.77. The van der Waals surface area contributed by atoms with Crippen molar-refractivity contribution in [2.75, 3.05) is 0 Å². The van der Waals surface area contributed by atoms with Crippen molar-refractivity contribution >= 4 is 0 Å². The molecule has 0 aliphatic rings. The molecule has 0 N–H and O–H groups in total. The molecular formula is C11H21N. The van der Waals surface area contributed by atoms with Gasteiger partial charge in [0.1, 0.15) is 0 Å². The predicted molar refractivity (Wildman–Crippen MR) is 52.7 cm³/mol. The molecule has 0 unspecified atom stereocenters. The fourth-order valence-electron chi connectivity index (χ4n) is 0.884. The summed E-state index contributed by atoms with van der Waals surface area (Å²) in [5.74, 6) is 0. The summed E-state index contributed by atoms with van der Waals surface area (Å²) in [6.07, 6.45) is 3.34. The summed E-state index contributed by atoms with van der Waals surface area (Å²) in [6, 6.07) is 2.34. The van der Waals surface area contributed by atoms with Crippen molar-refractivity contribution in [3.05, 3.63) is 0 Å². The molecule has 0 aromatic rings. The van der Waals surface area contributed by atoms with E-state index < -0.39 is 0 Å². The first-order valence-corrected chi connectivity index (χ1v) is 4.74. The van der Waals surface area contributed by atoms with Gasteiger partial charge in [0.15, 0.2) is 0 Å². The fourth-order valence-corrected chi connectivity index (χ4v) is 0.884. The Morgan fingerprint density at radius 1 is 1.08 bits per heavy atom. The molecule has 12 heavy (non-hydrogen) atoms. The Bertz CT molecular complexity index is 172. The summed E-state index contributed by atoms with van der Waals surface area (Å²) in [5.41, 5.74) is 0.251. The third kappa shape index (κ3) is 4.38. The number of nitrogens with zero attached hydrogens (tertiary/aromatic N) is 1. The predicted octanol–water partition coefficient (Wildman–Crippen LogP) is 3.75. The molecule has 0 bridgehead atoms. The lowest BCUT2D eigenvalue weighted by Crippen LogP contribution is -2.16. The van der Waals surface area contributed by atoms with Gasteiger partial charge in [0.25, 0.3) is 0 Å². The van der Waals surface area contributed by atoms with E-state index in [1.165, 1.54) is 6.42 Å². The zero-order valence-electron chi connectivity index (χ0n) is 9.07. The molecule has 0 atom stereocenters. The van der Waals surface area contributed by atoms with Gasteiger partial charge in [0.2, 0.25) is 0 Å². The number of hydrogen-bond acceptors (Lipinski definition) is 1. The van der Waals surface area contributed by atoms with E-state index in [0.717, 1.165) is 12.8 Å². The fraction of sp³-hybridized carbons (Fsp3) is 0.909. The standard InChI is InChI=1S/C11H21N/c1-6-10(2,3)7-8-11(4,5)9-12/h6-8H2,1-5H3. The zero-order valence-corrected chi connectivity index (χ0v) is 9.07. The molecule has 0 amide bonds. The lowest BCUT2D eigenvalue weighted by atomic mass is 9.78. The highest BCUT2D eigenvalue weighted by Crippen LogP contribution is 2.32. The largest absolute Gasteiger partial charge is 0.198 e. The van der Waals surface area contributed by atoms with Gasteiger partial charge in [0.05, 0.1) is 11.5 Å². The van der Waals surface area contributed by atoms with Gasteiger partial charge in [-0.2, -0.15) is 5.26 Å². The summed E-state index contributed by atoms with van der Waals surface area (Å²) in [4.78, 5) is 0. The van der Waals surface area contributed by atoms with Crippen LogP contribution in [-0.2, 0) is 0 Å². The van der Waals surface area contributed by atoms with Gasteiger partial charge in [-0.1, -0.05) is 27.2 Å². The minimum atomic E-state index is -0.146. The second kappa shape index (κ2) is 3.94. The maximum absolute atomic E-state index is 8.81. The maximum Gasteiger partial charge on any atom is 0.0683 e. The minimum Gasteiger partial charge on any atom is -0.198 e. The van der Waals surface area contributed by atoms with E-state index in [1.807, 2.05) is 13.8 Å². The van der Waals surface area contributed by atoms with Crippen LogP contribution in [0.4, 0.5) is 0 Å². The van der Waals surface area contributed by atoms with Crippen molar-refractivity contribution < 1.29 is 0 Å². The Balaban J connectivity index is 3.93. The van der Waals surface area contributed by atoms with Gasteiger partial charge in [-0.25, -0.2) is 0 Å². The van der Waals surface area contributed by atoms with Gasteiger partial charge in [-0.3, -0.25) is 0 Å². The Labute approximate surface area is 76.8 Å². The van der Waals surface area contributed by atoms with Crippen LogP contribution in [0.15, 0.2) is 0 Å². The molecule has 0 heterocycles. The molecule has 0 aromatic heterocycles. The minimum absolute atomic E-state index is 0.146. The van der Waals surface area contributed by atoms with Crippen LogP contribution < -0.4 is 0 Å². The highest BCUT2D eigenvalue weighted by molar-refractivity contribution is 4.92.